The van der Waals surface area contributed by atoms with Crippen molar-refractivity contribution in [3.05, 3.63) is 23.8 Å². The van der Waals surface area contributed by atoms with E-state index in [0.717, 1.165) is 17.7 Å². The Balaban J connectivity index is 1.83. The third-order valence-corrected chi connectivity index (χ3v) is 2.90. The molecular weight excluding hydrogens is 232 g/mol. The minimum atomic E-state index is -0.619. The van der Waals surface area contributed by atoms with Crippen LogP contribution < -0.4 is 9.47 Å². The van der Waals surface area contributed by atoms with Crippen LogP contribution in [0.4, 0.5) is 0 Å². The normalized spacial score (nSPS) is 15.1. The number of hydrogen-bond acceptors (Lipinski definition) is 4. The zero-order valence-corrected chi connectivity index (χ0v) is 10.9. The van der Waals surface area contributed by atoms with Gasteiger partial charge in [0.1, 0.15) is 6.10 Å². The van der Waals surface area contributed by atoms with Gasteiger partial charge in [-0.25, -0.2) is 0 Å². The van der Waals surface area contributed by atoms with Crippen LogP contribution in [-0.2, 0) is 4.74 Å². The van der Waals surface area contributed by atoms with Crippen LogP contribution in [0.25, 0.3) is 0 Å². The van der Waals surface area contributed by atoms with Crippen molar-refractivity contribution in [1.29, 1.82) is 0 Å². The first-order chi connectivity index (χ1) is 8.66. The molecule has 0 bridgehead atoms. The van der Waals surface area contributed by atoms with E-state index in [2.05, 4.69) is 13.8 Å². The zero-order chi connectivity index (χ0) is 13.0. The second-order valence-corrected chi connectivity index (χ2v) is 4.89. The van der Waals surface area contributed by atoms with E-state index >= 15 is 0 Å². The fourth-order valence-corrected chi connectivity index (χ4v) is 1.73. The standard InChI is InChI=1S/C14H20O4/c1-10(2)5-6-16-8-12(15)11-3-4-13-14(7-11)18-9-17-13/h3-4,7,10,12,15H,5-6,8-9H2,1-2H3. The van der Waals surface area contributed by atoms with Crippen LogP contribution in [0.1, 0.15) is 31.9 Å². The average Bonchev–Trinajstić information content (AvgIpc) is 2.81. The summed E-state index contributed by atoms with van der Waals surface area (Å²) in [5.41, 5.74) is 0.795. The molecule has 18 heavy (non-hydrogen) atoms. The van der Waals surface area contributed by atoms with Crippen LogP contribution >= 0.6 is 0 Å². The number of ether oxygens (including phenoxy) is 3. The van der Waals surface area contributed by atoms with E-state index in [1.807, 2.05) is 12.1 Å². The molecule has 1 unspecified atom stereocenters. The Labute approximate surface area is 107 Å². The zero-order valence-electron chi connectivity index (χ0n) is 10.9. The SMILES string of the molecule is CC(C)CCOCC(O)c1ccc2c(c1)OCO2. The van der Waals surface area contributed by atoms with E-state index in [1.165, 1.54) is 0 Å². The fourth-order valence-electron chi connectivity index (χ4n) is 1.73. The molecule has 0 aliphatic carbocycles. The van der Waals surface area contributed by atoms with Crippen molar-refractivity contribution in [2.45, 2.75) is 26.4 Å². The Kier molecular flexibility index (Phi) is 4.44. The predicted octanol–water partition coefficient (Wildman–Crippen LogP) is 2.51. The number of hydrogen-bond donors (Lipinski definition) is 1. The molecule has 0 spiro atoms. The maximum Gasteiger partial charge on any atom is 0.231 e. The van der Waals surface area contributed by atoms with Gasteiger partial charge in [0.05, 0.1) is 6.61 Å². The lowest BCUT2D eigenvalue weighted by Gasteiger charge is -2.13. The molecule has 0 radical (unpaired) electrons. The Hall–Kier alpha value is -1.26. The monoisotopic (exact) mass is 252 g/mol. The topological polar surface area (TPSA) is 47.9 Å². The van der Waals surface area contributed by atoms with E-state index in [9.17, 15) is 5.11 Å². The van der Waals surface area contributed by atoms with Gasteiger partial charge >= 0.3 is 0 Å². The van der Waals surface area contributed by atoms with Crippen LogP contribution in [0.2, 0.25) is 0 Å². The molecule has 4 nitrogen and oxygen atoms in total. The van der Waals surface area contributed by atoms with Crippen molar-refractivity contribution < 1.29 is 19.3 Å². The lowest BCUT2D eigenvalue weighted by Crippen LogP contribution is -2.09. The molecule has 1 atom stereocenters. The highest BCUT2D eigenvalue weighted by Crippen LogP contribution is 2.34. The smallest absolute Gasteiger partial charge is 0.231 e. The summed E-state index contributed by atoms with van der Waals surface area (Å²) >= 11 is 0. The van der Waals surface area contributed by atoms with Gasteiger partial charge in [-0.15, -0.1) is 0 Å². The third kappa shape index (κ3) is 3.37. The van der Waals surface area contributed by atoms with Crippen molar-refractivity contribution in [2.24, 2.45) is 5.92 Å². The molecule has 0 fully saturated rings. The molecule has 0 saturated carbocycles. The maximum absolute atomic E-state index is 10.00. The van der Waals surface area contributed by atoms with Gasteiger partial charge in [-0.3, -0.25) is 0 Å². The molecule has 1 aliphatic rings. The number of aliphatic hydroxyl groups excluding tert-OH is 1. The van der Waals surface area contributed by atoms with E-state index < -0.39 is 6.10 Å². The predicted molar refractivity (Wildman–Crippen MR) is 67.8 cm³/mol. The van der Waals surface area contributed by atoms with E-state index in [4.69, 9.17) is 14.2 Å². The summed E-state index contributed by atoms with van der Waals surface area (Å²) in [6.45, 7) is 5.54. The second-order valence-electron chi connectivity index (χ2n) is 4.89. The highest BCUT2D eigenvalue weighted by atomic mass is 16.7. The summed E-state index contributed by atoms with van der Waals surface area (Å²) in [4.78, 5) is 0. The largest absolute Gasteiger partial charge is 0.454 e. The highest BCUT2D eigenvalue weighted by molar-refractivity contribution is 5.45. The van der Waals surface area contributed by atoms with Gasteiger partial charge in [-0.05, 0) is 30.0 Å². The van der Waals surface area contributed by atoms with Crippen LogP contribution in [0.5, 0.6) is 11.5 Å². The first-order valence-electron chi connectivity index (χ1n) is 6.32. The van der Waals surface area contributed by atoms with Crippen molar-refractivity contribution >= 4 is 0 Å². The van der Waals surface area contributed by atoms with Gasteiger partial charge in [0, 0.05) is 6.61 Å². The van der Waals surface area contributed by atoms with Gasteiger partial charge in [-0.1, -0.05) is 19.9 Å². The fraction of sp³-hybridized carbons (Fsp3) is 0.571. The van der Waals surface area contributed by atoms with Crippen LogP contribution in [0, 0.1) is 5.92 Å². The summed E-state index contributed by atoms with van der Waals surface area (Å²) < 4.78 is 16.0. The molecular formula is C14H20O4. The summed E-state index contributed by atoms with van der Waals surface area (Å²) in [5.74, 6) is 2.04. The van der Waals surface area contributed by atoms with Crippen molar-refractivity contribution in [1.82, 2.24) is 0 Å². The maximum atomic E-state index is 10.00. The van der Waals surface area contributed by atoms with Crippen molar-refractivity contribution in [2.75, 3.05) is 20.0 Å². The molecule has 0 amide bonds. The third-order valence-electron chi connectivity index (χ3n) is 2.90. The van der Waals surface area contributed by atoms with Crippen molar-refractivity contribution in [3.8, 4) is 11.5 Å². The van der Waals surface area contributed by atoms with Gasteiger partial charge in [0.25, 0.3) is 0 Å². The first-order valence-corrected chi connectivity index (χ1v) is 6.32. The molecule has 1 N–H and O–H groups in total. The first kappa shape index (κ1) is 13.2. The Morgan fingerprint density at radius 2 is 2.06 bits per heavy atom. The Morgan fingerprint density at radius 3 is 2.83 bits per heavy atom. The summed E-state index contributed by atoms with van der Waals surface area (Å²) in [7, 11) is 0. The van der Waals surface area contributed by atoms with Gasteiger partial charge in [0.2, 0.25) is 6.79 Å². The molecule has 4 heteroatoms. The summed E-state index contributed by atoms with van der Waals surface area (Å²) in [6, 6.07) is 5.46. The number of benzene rings is 1. The van der Waals surface area contributed by atoms with Crippen molar-refractivity contribution in [3.63, 3.8) is 0 Å². The summed E-state index contributed by atoms with van der Waals surface area (Å²) in [6.07, 6.45) is 0.389. The van der Waals surface area contributed by atoms with Crippen LogP contribution in [-0.4, -0.2) is 25.1 Å². The molecule has 1 heterocycles. The number of rotatable bonds is 6. The van der Waals surface area contributed by atoms with Gasteiger partial charge in [0.15, 0.2) is 11.5 Å². The number of fused-ring (bicyclic) bond motifs is 1. The highest BCUT2D eigenvalue weighted by Gasteiger charge is 2.16. The molecule has 2 rings (SSSR count). The second kappa shape index (κ2) is 6.07. The van der Waals surface area contributed by atoms with Gasteiger partial charge in [-0.2, -0.15) is 0 Å². The lowest BCUT2D eigenvalue weighted by atomic mass is 10.1. The van der Waals surface area contributed by atoms with Crippen LogP contribution in [0.15, 0.2) is 18.2 Å². The lowest BCUT2D eigenvalue weighted by molar-refractivity contribution is 0.0318. The minimum Gasteiger partial charge on any atom is -0.454 e. The molecule has 1 aromatic rings. The summed E-state index contributed by atoms with van der Waals surface area (Å²) in [5, 5.41) is 10.00. The molecule has 1 aliphatic heterocycles. The molecule has 1 aromatic carbocycles. The van der Waals surface area contributed by atoms with Crippen LogP contribution in [0.3, 0.4) is 0 Å². The molecule has 100 valence electrons. The van der Waals surface area contributed by atoms with E-state index in [-0.39, 0.29) is 6.79 Å². The molecule has 0 saturated heterocycles. The van der Waals surface area contributed by atoms with E-state index in [1.54, 1.807) is 6.07 Å². The quantitative estimate of drug-likeness (QED) is 0.790. The van der Waals surface area contributed by atoms with Gasteiger partial charge < -0.3 is 19.3 Å². The number of aliphatic hydroxyl groups is 1. The minimum absolute atomic E-state index is 0.250. The molecule has 0 aromatic heterocycles. The Bertz CT molecular complexity index is 389. The Morgan fingerprint density at radius 1 is 1.28 bits per heavy atom. The average molecular weight is 252 g/mol. The van der Waals surface area contributed by atoms with E-state index in [0.29, 0.717) is 24.9 Å².